The van der Waals surface area contributed by atoms with E-state index in [0.717, 1.165) is 23.8 Å². The van der Waals surface area contributed by atoms with Crippen molar-refractivity contribution in [1.29, 1.82) is 0 Å². The zero-order valence-corrected chi connectivity index (χ0v) is 11.9. The SMILES string of the molecule is OCc1cnc(N2CCCC3CCCCC32)c(Cl)c1. The molecule has 1 aromatic rings. The van der Waals surface area contributed by atoms with Crippen LogP contribution >= 0.6 is 11.6 Å². The van der Waals surface area contributed by atoms with E-state index in [4.69, 9.17) is 16.7 Å². The Hall–Kier alpha value is -0.800. The van der Waals surface area contributed by atoms with Crippen molar-refractivity contribution in [3.05, 3.63) is 22.8 Å². The second-order valence-corrected chi connectivity index (χ2v) is 6.16. The summed E-state index contributed by atoms with van der Waals surface area (Å²) >= 11 is 6.36. The first-order valence-corrected chi connectivity index (χ1v) is 7.69. The van der Waals surface area contributed by atoms with E-state index in [1.165, 1.54) is 38.5 Å². The van der Waals surface area contributed by atoms with Crippen LogP contribution in [0.25, 0.3) is 0 Å². The monoisotopic (exact) mass is 280 g/mol. The van der Waals surface area contributed by atoms with E-state index in [9.17, 15) is 0 Å². The molecule has 1 aliphatic heterocycles. The van der Waals surface area contributed by atoms with Crippen LogP contribution in [0.1, 0.15) is 44.1 Å². The molecule has 1 N–H and O–H groups in total. The fourth-order valence-electron chi connectivity index (χ4n) is 3.66. The minimum absolute atomic E-state index is 0.000939. The molecule has 1 aromatic heterocycles. The Morgan fingerprint density at radius 1 is 1.26 bits per heavy atom. The number of pyridine rings is 1. The average molecular weight is 281 g/mol. The molecule has 0 bridgehead atoms. The third-order valence-electron chi connectivity index (χ3n) is 4.58. The fourth-order valence-corrected chi connectivity index (χ4v) is 3.95. The van der Waals surface area contributed by atoms with Crippen molar-refractivity contribution >= 4 is 17.4 Å². The molecule has 0 spiro atoms. The Morgan fingerprint density at radius 3 is 2.84 bits per heavy atom. The van der Waals surface area contributed by atoms with Crippen molar-refractivity contribution in [2.24, 2.45) is 5.92 Å². The first kappa shape index (κ1) is 13.2. The van der Waals surface area contributed by atoms with Gasteiger partial charge < -0.3 is 10.0 Å². The molecule has 2 heterocycles. The smallest absolute Gasteiger partial charge is 0.147 e. The molecule has 0 aromatic carbocycles. The van der Waals surface area contributed by atoms with Crippen molar-refractivity contribution in [3.8, 4) is 0 Å². The number of aliphatic hydroxyl groups excluding tert-OH is 1. The highest BCUT2D eigenvalue weighted by Gasteiger charge is 2.34. The quantitative estimate of drug-likeness (QED) is 0.902. The number of piperidine rings is 1. The molecule has 1 saturated heterocycles. The number of fused-ring (bicyclic) bond motifs is 1. The maximum absolute atomic E-state index is 9.14. The molecule has 19 heavy (non-hydrogen) atoms. The van der Waals surface area contributed by atoms with Crippen LogP contribution in [0, 0.1) is 5.92 Å². The van der Waals surface area contributed by atoms with Crippen LogP contribution in [0.15, 0.2) is 12.3 Å². The van der Waals surface area contributed by atoms with Gasteiger partial charge in [0.25, 0.3) is 0 Å². The van der Waals surface area contributed by atoms with Gasteiger partial charge in [0.2, 0.25) is 0 Å². The summed E-state index contributed by atoms with van der Waals surface area (Å²) in [4.78, 5) is 6.91. The molecule has 2 aliphatic rings. The van der Waals surface area contributed by atoms with Crippen molar-refractivity contribution < 1.29 is 5.11 Å². The van der Waals surface area contributed by atoms with Gasteiger partial charge in [0.1, 0.15) is 5.82 Å². The van der Waals surface area contributed by atoms with Gasteiger partial charge in [-0.1, -0.05) is 24.4 Å². The predicted octanol–water partition coefficient (Wildman–Crippen LogP) is 3.39. The van der Waals surface area contributed by atoms with Crippen LogP contribution < -0.4 is 4.90 Å². The van der Waals surface area contributed by atoms with Gasteiger partial charge in [-0.05, 0) is 43.2 Å². The lowest BCUT2D eigenvalue weighted by molar-refractivity contribution is 0.242. The zero-order valence-electron chi connectivity index (χ0n) is 11.2. The Balaban J connectivity index is 1.87. The van der Waals surface area contributed by atoms with E-state index in [2.05, 4.69) is 9.88 Å². The number of aliphatic hydroxyl groups is 1. The second-order valence-electron chi connectivity index (χ2n) is 5.75. The lowest BCUT2D eigenvalue weighted by Crippen LogP contribution is -2.47. The molecule has 0 amide bonds. The second kappa shape index (κ2) is 5.68. The third kappa shape index (κ3) is 2.59. The lowest BCUT2D eigenvalue weighted by atomic mass is 9.78. The zero-order chi connectivity index (χ0) is 13.2. The number of hydrogen-bond donors (Lipinski definition) is 1. The number of nitrogens with zero attached hydrogens (tertiary/aromatic N) is 2. The van der Waals surface area contributed by atoms with Gasteiger partial charge in [-0.2, -0.15) is 0 Å². The molecular formula is C15H21ClN2O. The highest BCUT2D eigenvalue weighted by atomic mass is 35.5. The summed E-state index contributed by atoms with van der Waals surface area (Å²) in [5.41, 5.74) is 0.783. The largest absolute Gasteiger partial charge is 0.392 e. The van der Waals surface area contributed by atoms with E-state index in [1.54, 1.807) is 6.20 Å². The highest BCUT2D eigenvalue weighted by molar-refractivity contribution is 6.33. The average Bonchev–Trinajstić information content (AvgIpc) is 2.46. The molecule has 0 radical (unpaired) electrons. The molecule has 2 atom stereocenters. The van der Waals surface area contributed by atoms with Gasteiger partial charge in [-0.25, -0.2) is 4.98 Å². The van der Waals surface area contributed by atoms with E-state index in [0.29, 0.717) is 11.1 Å². The number of aromatic nitrogens is 1. The van der Waals surface area contributed by atoms with Gasteiger partial charge in [0, 0.05) is 18.8 Å². The normalized spacial score (nSPS) is 27.2. The first-order chi connectivity index (χ1) is 9.29. The number of hydrogen-bond acceptors (Lipinski definition) is 3. The van der Waals surface area contributed by atoms with Crippen molar-refractivity contribution in [1.82, 2.24) is 4.98 Å². The summed E-state index contributed by atoms with van der Waals surface area (Å²) in [5, 5.41) is 9.82. The maximum Gasteiger partial charge on any atom is 0.147 e. The number of anilines is 1. The van der Waals surface area contributed by atoms with Crippen molar-refractivity contribution in [3.63, 3.8) is 0 Å². The topological polar surface area (TPSA) is 36.4 Å². The van der Waals surface area contributed by atoms with Gasteiger partial charge >= 0.3 is 0 Å². The van der Waals surface area contributed by atoms with E-state index >= 15 is 0 Å². The Morgan fingerprint density at radius 2 is 2.05 bits per heavy atom. The summed E-state index contributed by atoms with van der Waals surface area (Å²) in [5.74, 6) is 1.73. The molecule has 104 valence electrons. The third-order valence-corrected chi connectivity index (χ3v) is 4.85. The van der Waals surface area contributed by atoms with Gasteiger partial charge in [0.15, 0.2) is 0 Å². The van der Waals surface area contributed by atoms with Crippen molar-refractivity contribution in [2.45, 2.75) is 51.2 Å². The van der Waals surface area contributed by atoms with Crippen LogP contribution in [-0.2, 0) is 6.61 Å². The lowest BCUT2D eigenvalue weighted by Gasteiger charge is -2.45. The summed E-state index contributed by atoms with van der Waals surface area (Å²) in [6.45, 7) is 1.06. The minimum Gasteiger partial charge on any atom is -0.392 e. The number of halogens is 1. The van der Waals surface area contributed by atoms with Crippen LogP contribution in [-0.4, -0.2) is 22.7 Å². The molecule has 4 heteroatoms. The van der Waals surface area contributed by atoms with Gasteiger partial charge in [-0.3, -0.25) is 0 Å². The van der Waals surface area contributed by atoms with Crippen LogP contribution in [0.4, 0.5) is 5.82 Å². The maximum atomic E-state index is 9.14. The molecule has 3 nitrogen and oxygen atoms in total. The summed E-state index contributed by atoms with van der Waals surface area (Å²) in [6.07, 6.45) is 9.66. The molecule has 1 saturated carbocycles. The molecular weight excluding hydrogens is 260 g/mol. The Bertz CT molecular complexity index is 450. The van der Waals surface area contributed by atoms with Crippen molar-refractivity contribution in [2.75, 3.05) is 11.4 Å². The van der Waals surface area contributed by atoms with Crippen LogP contribution in [0.5, 0.6) is 0 Å². The summed E-state index contributed by atoms with van der Waals surface area (Å²) in [6, 6.07) is 2.46. The van der Waals surface area contributed by atoms with Gasteiger partial charge in [-0.15, -0.1) is 0 Å². The number of rotatable bonds is 2. The highest BCUT2D eigenvalue weighted by Crippen LogP contribution is 2.39. The van der Waals surface area contributed by atoms with E-state index in [1.807, 2.05) is 6.07 Å². The Kier molecular flexibility index (Phi) is 3.94. The van der Waals surface area contributed by atoms with Crippen LogP contribution in [0.2, 0.25) is 5.02 Å². The summed E-state index contributed by atoms with van der Waals surface area (Å²) < 4.78 is 0. The summed E-state index contributed by atoms with van der Waals surface area (Å²) in [7, 11) is 0. The predicted molar refractivity (Wildman–Crippen MR) is 77.5 cm³/mol. The van der Waals surface area contributed by atoms with E-state index in [-0.39, 0.29) is 6.61 Å². The molecule has 2 unspecified atom stereocenters. The van der Waals surface area contributed by atoms with Gasteiger partial charge in [0.05, 0.1) is 11.6 Å². The molecule has 2 fully saturated rings. The fraction of sp³-hybridized carbons (Fsp3) is 0.667. The van der Waals surface area contributed by atoms with Crippen LogP contribution in [0.3, 0.4) is 0 Å². The molecule has 1 aliphatic carbocycles. The standard InChI is InChI=1S/C15H21ClN2O/c16-13-8-11(10-19)9-17-15(13)18-7-3-5-12-4-1-2-6-14(12)18/h8-9,12,14,19H,1-7,10H2. The minimum atomic E-state index is -0.000939. The first-order valence-electron chi connectivity index (χ1n) is 7.31. The van der Waals surface area contributed by atoms with E-state index < -0.39 is 0 Å². The Labute approximate surface area is 119 Å². The molecule has 3 rings (SSSR count).